The Balaban J connectivity index is 1.71. The lowest BCUT2D eigenvalue weighted by Gasteiger charge is -2.41. The smallest absolute Gasteiger partial charge is 0.115 e. The quantitative estimate of drug-likeness (QED) is 0.722. The summed E-state index contributed by atoms with van der Waals surface area (Å²) < 4.78 is 15.7. The molecule has 1 aliphatic carbocycles. The van der Waals surface area contributed by atoms with Gasteiger partial charge in [-0.2, -0.15) is 0 Å². The number of rotatable bonds is 3. The zero-order chi connectivity index (χ0) is 20.2. The molecule has 0 bridgehead atoms. The van der Waals surface area contributed by atoms with Crippen LogP contribution in [0.2, 0.25) is 0 Å². The molecule has 0 fully saturated rings. The number of halogens is 1. The van der Waals surface area contributed by atoms with Crippen molar-refractivity contribution in [3.8, 4) is 0 Å². The maximum absolute atomic E-state index is 13.4. The number of hydrogen-bond donors (Lipinski definition) is 1. The number of nitrogens with zero attached hydrogens (tertiary/aromatic N) is 3. The molecule has 2 atom stereocenters. The normalized spacial score (nSPS) is 23.0. The number of hydrogen-bond acceptors (Lipinski definition) is 3. The third-order valence-electron chi connectivity index (χ3n) is 7.05. The summed E-state index contributed by atoms with van der Waals surface area (Å²) in [5.74, 6) is 0. The first-order valence-electron chi connectivity index (χ1n) is 10.6. The molecule has 29 heavy (non-hydrogen) atoms. The maximum Gasteiger partial charge on any atom is 0.115 e. The van der Waals surface area contributed by atoms with E-state index in [1.807, 2.05) is 30.5 Å². The van der Waals surface area contributed by atoms with Crippen molar-refractivity contribution in [2.24, 2.45) is 0 Å². The van der Waals surface area contributed by atoms with Gasteiger partial charge in [-0.25, -0.2) is 4.39 Å². The fourth-order valence-corrected chi connectivity index (χ4v) is 5.48. The Labute approximate surface area is 171 Å². The fraction of sp³-hybridized carbons (Fsp3) is 0.458. The van der Waals surface area contributed by atoms with E-state index < -0.39 is 12.3 Å². The Morgan fingerprint density at radius 2 is 2.14 bits per heavy atom. The number of aromatic nitrogens is 2. The van der Waals surface area contributed by atoms with E-state index in [1.54, 1.807) is 6.20 Å². The van der Waals surface area contributed by atoms with Crippen molar-refractivity contribution >= 4 is 10.9 Å². The average Bonchev–Trinajstić information content (AvgIpc) is 3.06. The molecule has 1 aromatic carbocycles. The molecule has 0 saturated carbocycles. The zero-order valence-electron chi connectivity index (χ0n) is 17.2. The van der Waals surface area contributed by atoms with Crippen LogP contribution in [-0.4, -0.2) is 33.1 Å². The van der Waals surface area contributed by atoms with E-state index in [2.05, 4.69) is 28.4 Å². The summed E-state index contributed by atoms with van der Waals surface area (Å²) in [7, 11) is 2.13. The molecule has 0 radical (unpaired) electrons. The molecular formula is C24H28FN3O. The Hall–Kier alpha value is -2.24. The van der Waals surface area contributed by atoms with Crippen LogP contribution >= 0.6 is 0 Å². The first-order chi connectivity index (χ1) is 14.0. The number of aliphatic hydroxyl groups is 1. The highest BCUT2D eigenvalue weighted by Gasteiger charge is 2.42. The minimum atomic E-state index is -0.932. The highest BCUT2D eigenvalue weighted by atomic mass is 19.1. The zero-order valence-corrected chi connectivity index (χ0v) is 17.2. The van der Waals surface area contributed by atoms with E-state index in [0.29, 0.717) is 5.56 Å². The molecule has 2 aliphatic rings. The van der Waals surface area contributed by atoms with Gasteiger partial charge in [-0.3, -0.25) is 4.98 Å². The van der Waals surface area contributed by atoms with Crippen LogP contribution in [0.25, 0.3) is 10.9 Å². The maximum atomic E-state index is 13.4. The molecule has 3 heterocycles. The van der Waals surface area contributed by atoms with Crippen molar-refractivity contribution < 1.29 is 9.50 Å². The molecule has 2 unspecified atom stereocenters. The molecule has 152 valence electrons. The molecule has 3 aromatic rings. The average molecular weight is 394 g/mol. The van der Waals surface area contributed by atoms with Gasteiger partial charge < -0.3 is 14.6 Å². The highest BCUT2D eigenvalue weighted by molar-refractivity contribution is 5.87. The predicted octanol–water partition coefficient (Wildman–Crippen LogP) is 4.28. The van der Waals surface area contributed by atoms with E-state index in [0.717, 1.165) is 60.8 Å². The van der Waals surface area contributed by atoms with Gasteiger partial charge in [-0.1, -0.05) is 6.07 Å². The summed E-state index contributed by atoms with van der Waals surface area (Å²) in [6.07, 6.45) is 7.28. The Morgan fingerprint density at radius 3 is 2.97 bits per heavy atom. The Kier molecular flexibility index (Phi) is 4.48. The third-order valence-corrected chi connectivity index (χ3v) is 7.05. The second kappa shape index (κ2) is 6.92. The molecule has 4 nitrogen and oxygen atoms in total. The lowest BCUT2D eigenvalue weighted by Crippen LogP contribution is -2.40. The summed E-state index contributed by atoms with van der Waals surface area (Å²) in [5, 5.41) is 13.1. The van der Waals surface area contributed by atoms with Crippen molar-refractivity contribution in [3.63, 3.8) is 0 Å². The van der Waals surface area contributed by atoms with Crippen LogP contribution in [0.1, 0.15) is 53.8 Å². The van der Waals surface area contributed by atoms with E-state index in [9.17, 15) is 9.50 Å². The van der Waals surface area contributed by atoms with E-state index in [1.165, 1.54) is 11.3 Å². The van der Waals surface area contributed by atoms with Gasteiger partial charge in [0.15, 0.2) is 0 Å². The second-order valence-electron chi connectivity index (χ2n) is 8.75. The van der Waals surface area contributed by atoms with Crippen LogP contribution in [0, 0.1) is 0 Å². The predicted molar refractivity (Wildman–Crippen MR) is 113 cm³/mol. The monoisotopic (exact) mass is 393 g/mol. The van der Waals surface area contributed by atoms with Gasteiger partial charge >= 0.3 is 0 Å². The molecule has 0 amide bonds. The first-order valence-corrected chi connectivity index (χ1v) is 10.6. The molecule has 5 rings (SSSR count). The van der Waals surface area contributed by atoms with E-state index in [-0.39, 0.29) is 6.04 Å². The van der Waals surface area contributed by atoms with Gasteiger partial charge in [0.25, 0.3) is 0 Å². The molecule has 2 aromatic heterocycles. The van der Waals surface area contributed by atoms with Gasteiger partial charge in [0, 0.05) is 48.5 Å². The number of likely N-dealkylation sites (N-methyl/N-ethyl adjacent to an activating group) is 1. The topological polar surface area (TPSA) is 41.3 Å². The summed E-state index contributed by atoms with van der Waals surface area (Å²) in [4.78, 5) is 6.59. The summed E-state index contributed by atoms with van der Waals surface area (Å²) in [5.41, 5.74) is 5.61. The lowest BCUT2D eigenvalue weighted by atomic mass is 9.75. The van der Waals surface area contributed by atoms with Gasteiger partial charge in [0.05, 0.1) is 6.04 Å². The molecule has 1 N–H and O–H groups in total. The molecule has 0 saturated heterocycles. The Morgan fingerprint density at radius 1 is 1.28 bits per heavy atom. The van der Waals surface area contributed by atoms with Crippen molar-refractivity contribution in [2.75, 3.05) is 13.6 Å². The fourth-order valence-electron chi connectivity index (χ4n) is 5.48. The number of pyridine rings is 1. The minimum absolute atomic E-state index is 0.116. The van der Waals surface area contributed by atoms with Gasteiger partial charge in [-0.15, -0.1) is 0 Å². The largest absolute Gasteiger partial charge is 0.383 e. The molecule has 0 spiro atoms. The van der Waals surface area contributed by atoms with Crippen molar-refractivity contribution in [2.45, 2.75) is 57.5 Å². The van der Waals surface area contributed by atoms with Crippen molar-refractivity contribution in [1.82, 2.24) is 14.5 Å². The summed E-state index contributed by atoms with van der Waals surface area (Å²) >= 11 is 0. The molecular weight excluding hydrogens is 365 g/mol. The molecule has 1 aliphatic heterocycles. The third kappa shape index (κ3) is 2.82. The van der Waals surface area contributed by atoms with Crippen LogP contribution in [0.5, 0.6) is 0 Å². The van der Waals surface area contributed by atoms with Crippen molar-refractivity contribution in [3.05, 3.63) is 64.6 Å². The number of alkyl halides is 1. The van der Waals surface area contributed by atoms with Crippen LogP contribution in [0.4, 0.5) is 4.39 Å². The van der Waals surface area contributed by atoms with E-state index in [4.69, 9.17) is 0 Å². The number of aryl methyl sites for hydroxylation is 1. The molecule has 5 heteroatoms. The minimum Gasteiger partial charge on any atom is -0.383 e. The standard InChI is InChI=1S/C24H28FN3O/c1-16(24(29)9-3-4-18-14-26-10-7-21(18)24)28-22-6-5-17(13-25)12-19(22)20-15-27(2)11-8-23(20)28/h5-7,10,12,14,16,29H,3-4,8-9,11,13,15H2,1-2H3. The van der Waals surface area contributed by atoms with Crippen LogP contribution in [-0.2, 0) is 31.7 Å². The summed E-state index contributed by atoms with van der Waals surface area (Å²) in [6, 6.07) is 7.79. The summed E-state index contributed by atoms with van der Waals surface area (Å²) in [6.45, 7) is 3.54. The van der Waals surface area contributed by atoms with E-state index >= 15 is 0 Å². The number of fused-ring (bicyclic) bond motifs is 4. The van der Waals surface area contributed by atoms with Crippen LogP contribution in [0.15, 0.2) is 36.7 Å². The van der Waals surface area contributed by atoms with Gasteiger partial charge in [0.2, 0.25) is 0 Å². The lowest BCUT2D eigenvalue weighted by molar-refractivity contribution is -0.0265. The Bertz CT molecular complexity index is 1080. The van der Waals surface area contributed by atoms with Gasteiger partial charge in [-0.05, 0) is 73.7 Å². The van der Waals surface area contributed by atoms with Crippen LogP contribution < -0.4 is 0 Å². The SMILES string of the molecule is CC(n1c2c(c3cc(CF)ccc31)CN(C)CC2)C1(O)CCCc2cnccc21. The van der Waals surface area contributed by atoms with Crippen LogP contribution in [0.3, 0.4) is 0 Å². The highest BCUT2D eigenvalue weighted by Crippen LogP contribution is 2.46. The number of benzene rings is 1. The van der Waals surface area contributed by atoms with Gasteiger partial charge in [0.1, 0.15) is 12.3 Å². The van der Waals surface area contributed by atoms with Crippen molar-refractivity contribution in [1.29, 1.82) is 0 Å². The first kappa shape index (κ1) is 18.8. The second-order valence-corrected chi connectivity index (χ2v) is 8.75.